The van der Waals surface area contributed by atoms with E-state index in [9.17, 15) is 4.79 Å². The maximum Gasteiger partial charge on any atom is 0.333 e. The topological polar surface area (TPSA) is 85.9 Å². The fourth-order valence-corrected chi connectivity index (χ4v) is 2.65. The molecule has 0 atom stereocenters. The maximum absolute atomic E-state index is 12.4. The minimum Gasteiger partial charge on any atom is -0.497 e. The van der Waals surface area contributed by atoms with Crippen LogP contribution in [0.25, 0.3) is 28.4 Å². The highest BCUT2D eigenvalue weighted by Gasteiger charge is 2.15. The van der Waals surface area contributed by atoms with Crippen molar-refractivity contribution in [3.05, 3.63) is 58.8 Å². The zero-order valence-electron chi connectivity index (χ0n) is 13.1. The second kappa shape index (κ2) is 5.38. The summed E-state index contributed by atoms with van der Waals surface area (Å²) in [5.41, 5.74) is 2.74. The predicted octanol–water partition coefficient (Wildman–Crippen LogP) is 2.69. The number of rotatable bonds is 3. The third-order valence-electron chi connectivity index (χ3n) is 3.81. The van der Waals surface area contributed by atoms with Gasteiger partial charge in [0.05, 0.1) is 25.3 Å². The monoisotopic (exact) mass is 322 g/mol. The second-order valence-electron chi connectivity index (χ2n) is 5.32. The number of fused-ring (bicyclic) bond motifs is 1. The normalized spacial score (nSPS) is 11.1. The largest absolute Gasteiger partial charge is 0.497 e. The molecule has 3 aromatic heterocycles. The van der Waals surface area contributed by atoms with E-state index in [0.717, 1.165) is 17.0 Å². The summed E-state index contributed by atoms with van der Waals surface area (Å²) >= 11 is 0. The molecule has 0 aliphatic rings. The van der Waals surface area contributed by atoms with Crippen molar-refractivity contribution in [2.45, 2.75) is 6.92 Å². The molecule has 120 valence electrons. The number of hydrogen-bond acceptors (Lipinski definition) is 5. The van der Waals surface area contributed by atoms with Crippen molar-refractivity contribution < 1.29 is 9.15 Å². The Balaban J connectivity index is 1.96. The van der Waals surface area contributed by atoms with E-state index < -0.39 is 0 Å². The molecular weight excluding hydrogens is 308 g/mol. The first-order valence-electron chi connectivity index (χ1n) is 7.34. The molecule has 0 spiro atoms. The van der Waals surface area contributed by atoms with Crippen LogP contribution in [-0.4, -0.2) is 26.6 Å². The minimum absolute atomic E-state index is 0.296. The van der Waals surface area contributed by atoms with E-state index >= 15 is 0 Å². The van der Waals surface area contributed by atoms with E-state index in [1.807, 2.05) is 19.1 Å². The van der Waals surface area contributed by atoms with Gasteiger partial charge in [-0.15, -0.1) is 0 Å². The third kappa shape index (κ3) is 2.18. The van der Waals surface area contributed by atoms with Crippen LogP contribution in [0, 0.1) is 6.92 Å². The molecule has 4 aromatic rings. The molecule has 7 heteroatoms. The first-order valence-corrected chi connectivity index (χ1v) is 7.34. The summed E-state index contributed by atoms with van der Waals surface area (Å²) in [6.45, 7) is 1.91. The second-order valence-corrected chi connectivity index (χ2v) is 5.32. The van der Waals surface area contributed by atoms with Crippen molar-refractivity contribution in [3.8, 4) is 22.9 Å². The van der Waals surface area contributed by atoms with Gasteiger partial charge >= 0.3 is 5.69 Å². The number of aryl methyl sites for hydroxylation is 1. The number of benzene rings is 1. The molecule has 3 heterocycles. The molecule has 1 aromatic carbocycles. The molecule has 4 rings (SSSR count). The summed E-state index contributed by atoms with van der Waals surface area (Å²) in [6, 6.07) is 9.06. The van der Waals surface area contributed by atoms with Crippen molar-refractivity contribution in [2.24, 2.45) is 0 Å². The van der Waals surface area contributed by atoms with Crippen molar-refractivity contribution in [1.29, 1.82) is 0 Å². The van der Waals surface area contributed by atoms with Gasteiger partial charge in [-0.25, -0.2) is 19.3 Å². The number of imidazole rings is 1. The van der Waals surface area contributed by atoms with Crippen molar-refractivity contribution >= 4 is 11.3 Å². The van der Waals surface area contributed by atoms with Crippen LogP contribution in [0.2, 0.25) is 0 Å². The lowest BCUT2D eigenvalue weighted by Crippen LogP contribution is -2.16. The van der Waals surface area contributed by atoms with Crippen molar-refractivity contribution in [2.75, 3.05) is 7.11 Å². The molecule has 0 bridgehead atoms. The zero-order valence-corrected chi connectivity index (χ0v) is 13.1. The smallest absolute Gasteiger partial charge is 0.333 e. The lowest BCUT2D eigenvalue weighted by Gasteiger charge is -2.09. The van der Waals surface area contributed by atoms with E-state index in [-0.39, 0.29) is 5.69 Å². The molecule has 0 amide bonds. The number of nitrogens with zero attached hydrogens (tertiary/aromatic N) is 3. The maximum atomic E-state index is 12.4. The molecule has 0 saturated carbocycles. The average Bonchev–Trinajstić information content (AvgIpc) is 3.21. The lowest BCUT2D eigenvalue weighted by molar-refractivity contribution is 0.414. The van der Waals surface area contributed by atoms with Gasteiger partial charge in [0.2, 0.25) is 0 Å². The van der Waals surface area contributed by atoms with E-state index in [1.165, 1.54) is 4.57 Å². The van der Waals surface area contributed by atoms with E-state index in [1.54, 1.807) is 37.8 Å². The molecule has 24 heavy (non-hydrogen) atoms. The summed E-state index contributed by atoms with van der Waals surface area (Å²) in [5.74, 6) is 1.32. The molecular formula is C17H14N4O3. The van der Waals surface area contributed by atoms with Crippen molar-refractivity contribution in [1.82, 2.24) is 19.5 Å². The fourth-order valence-electron chi connectivity index (χ4n) is 2.65. The van der Waals surface area contributed by atoms with Crippen molar-refractivity contribution in [3.63, 3.8) is 0 Å². The van der Waals surface area contributed by atoms with Crippen LogP contribution in [-0.2, 0) is 0 Å². The van der Waals surface area contributed by atoms with E-state index in [0.29, 0.717) is 22.7 Å². The average molecular weight is 322 g/mol. The molecule has 1 N–H and O–H groups in total. The third-order valence-corrected chi connectivity index (χ3v) is 3.81. The zero-order chi connectivity index (χ0) is 16.7. The summed E-state index contributed by atoms with van der Waals surface area (Å²) in [7, 11) is 1.60. The minimum atomic E-state index is -0.296. The van der Waals surface area contributed by atoms with Gasteiger partial charge in [0, 0.05) is 0 Å². The Kier molecular flexibility index (Phi) is 3.19. The Hall–Kier alpha value is -3.35. The van der Waals surface area contributed by atoms with Gasteiger partial charge in [-0.1, -0.05) is 0 Å². The molecule has 0 fully saturated rings. The van der Waals surface area contributed by atoms with Gasteiger partial charge in [0.15, 0.2) is 17.1 Å². The summed E-state index contributed by atoms with van der Waals surface area (Å²) in [5, 5.41) is 0. The van der Waals surface area contributed by atoms with Crippen LogP contribution in [0.15, 0.2) is 52.0 Å². The molecule has 0 saturated heterocycles. The Labute approximate surface area is 136 Å². The van der Waals surface area contributed by atoms with E-state index in [4.69, 9.17) is 9.15 Å². The molecule has 7 nitrogen and oxygen atoms in total. The van der Waals surface area contributed by atoms with Crippen LogP contribution >= 0.6 is 0 Å². The van der Waals surface area contributed by atoms with E-state index in [2.05, 4.69) is 15.0 Å². The Morgan fingerprint density at radius 2 is 2.17 bits per heavy atom. The number of H-pyrrole nitrogens is 1. The van der Waals surface area contributed by atoms with Gasteiger partial charge in [-0.05, 0) is 42.8 Å². The van der Waals surface area contributed by atoms with Gasteiger partial charge in [-0.2, -0.15) is 0 Å². The Morgan fingerprint density at radius 1 is 1.29 bits per heavy atom. The summed E-state index contributed by atoms with van der Waals surface area (Å²) in [6.07, 6.45) is 3.14. The Bertz CT molecular complexity index is 1080. The number of methoxy groups -OCH3 is 1. The quantitative estimate of drug-likeness (QED) is 0.627. The van der Waals surface area contributed by atoms with Crippen LogP contribution in [0.1, 0.15) is 5.56 Å². The highest BCUT2D eigenvalue weighted by molar-refractivity contribution is 5.72. The standard InChI is InChI=1S/C17H14N4O3/c1-10-8-11(23-2)5-6-13(10)21-16-15(20-17(21)22)18-9-12(19-16)14-4-3-7-24-14/h3-9H,1-2H3,(H,18,20,22). The van der Waals surface area contributed by atoms with Crippen LogP contribution in [0.3, 0.4) is 0 Å². The molecule has 0 unspecified atom stereocenters. The molecule has 0 radical (unpaired) electrons. The fraction of sp³-hybridized carbons (Fsp3) is 0.118. The predicted molar refractivity (Wildman–Crippen MR) is 88.5 cm³/mol. The first kappa shape index (κ1) is 14.3. The summed E-state index contributed by atoms with van der Waals surface area (Å²) in [4.78, 5) is 24.0. The highest BCUT2D eigenvalue weighted by atomic mass is 16.5. The summed E-state index contributed by atoms with van der Waals surface area (Å²) < 4.78 is 12.1. The Morgan fingerprint density at radius 3 is 2.88 bits per heavy atom. The highest BCUT2D eigenvalue weighted by Crippen LogP contribution is 2.23. The van der Waals surface area contributed by atoms with Gasteiger partial charge in [0.1, 0.15) is 11.4 Å². The van der Waals surface area contributed by atoms with Crippen LogP contribution in [0.5, 0.6) is 5.75 Å². The number of furan rings is 1. The van der Waals surface area contributed by atoms with Gasteiger partial charge < -0.3 is 9.15 Å². The number of nitrogens with one attached hydrogen (secondary N) is 1. The number of aromatic nitrogens is 4. The SMILES string of the molecule is COc1ccc(-n2c(=O)[nH]c3ncc(-c4ccco4)nc32)c(C)c1. The number of ether oxygens (including phenoxy) is 1. The van der Waals surface area contributed by atoms with Crippen LogP contribution in [0.4, 0.5) is 0 Å². The molecule has 0 aliphatic carbocycles. The number of hydrogen-bond donors (Lipinski definition) is 1. The first-order chi connectivity index (χ1) is 11.7. The lowest BCUT2D eigenvalue weighted by atomic mass is 10.2. The van der Waals surface area contributed by atoms with Crippen LogP contribution < -0.4 is 10.4 Å². The molecule has 0 aliphatic heterocycles. The van der Waals surface area contributed by atoms with Gasteiger partial charge in [-0.3, -0.25) is 4.98 Å². The van der Waals surface area contributed by atoms with Gasteiger partial charge in [0.25, 0.3) is 0 Å². The number of aromatic amines is 1.